The van der Waals surface area contributed by atoms with Gasteiger partial charge in [-0.15, -0.1) is 0 Å². The number of anilines is 1. The molecule has 5 nitrogen and oxygen atoms in total. The molecule has 0 saturated carbocycles. The van der Waals surface area contributed by atoms with E-state index in [1.54, 1.807) is 0 Å². The van der Waals surface area contributed by atoms with Crippen molar-refractivity contribution in [2.24, 2.45) is 0 Å². The molecule has 22 heavy (non-hydrogen) atoms. The number of carbonyl (C=O) groups is 1. The molecule has 1 N–H and O–H groups in total. The number of non-ortho nitro benzene ring substituents is 1. The number of halogens is 3. The highest BCUT2D eigenvalue weighted by molar-refractivity contribution is 5.92. The van der Waals surface area contributed by atoms with Gasteiger partial charge in [0, 0.05) is 24.3 Å². The summed E-state index contributed by atoms with van der Waals surface area (Å²) >= 11 is 0. The van der Waals surface area contributed by atoms with Gasteiger partial charge in [-0.1, -0.05) is 12.1 Å². The van der Waals surface area contributed by atoms with Crippen molar-refractivity contribution in [1.82, 2.24) is 0 Å². The first-order valence-corrected chi connectivity index (χ1v) is 6.04. The molecule has 0 saturated heterocycles. The van der Waals surface area contributed by atoms with Crippen LogP contribution in [0.25, 0.3) is 0 Å². The van der Waals surface area contributed by atoms with E-state index in [-0.39, 0.29) is 12.1 Å². The van der Waals surface area contributed by atoms with Crippen molar-refractivity contribution in [3.05, 3.63) is 69.5 Å². The molecule has 1 amide bonds. The van der Waals surface area contributed by atoms with Crippen LogP contribution >= 0.6 is 0 Å². The minimum atomic E-state index is -1.36. The average Bonchev–Trinajstić information content (AvgIpc) is 2.45. The molecule has 0 fully saturated rings. The molecule has 2 rings (SSSR count). The van der Waals surface area contributed by atoms with Crippen LogP contribution in [0, 0.1) is 27.6 Å². The van der Waals surface area contributed by atoms with Gasteiger partial charge in [0.15, 0.2) is 11.6 Å². The van der Waals surface area contributed by atoms with Crippen molar-refractivity contribution in [3.8, 4) is 0 Å². The molecule has 0 aliphatic carbocycles. The normalized spacial score (nSPS) is 10.3. The van der Waals surface area contributed by atoms with Gasteiger partial charge in [-0.05, 0) is 5.56 Å². The second-order valence-electron chi connectivity index (χ2n) is 4.39. The fourth-order valence-corrected chi connectivity index (χ4v) is 1.73. The summed E-state index contributed by atoms with van der Waals surface area (Å²) < 4.78 is 39.1. The van der Waals surface area contributed by atoms with E-state index in [4.69, 9.17) is 0 Å². The lowest BCUT2D eigenvalue weighted by Crippen LogP contribution is -2.15. The quantitative estimate of drug-likeness (QED) is 0.535. The fourth-order valence-electron chi connectivity index (χ4n) is 1.73. The Morgan fingerprint density at radius 2 is 1.64 bits per heavy atom. The predicted molar refractivity (Wildman–Crippen MR) is 71.7 cm³/mol. The van der Waals surface area contributed by atoms with Gasteiger partial charge in [-0.3, -0.25) is 14.9 Å². The molecule has 0 bridgehead atoms. The summed E-state index contributed by atoms with van der Waals surface area (Å²) in [6, 6.07) is 6.06. The Balaban J connectivity index is 2.07. The summed E-state index contributed by atoms with van der Waals surface area (Å²) in [4.78, 5) is 21.6. The summed E-state index contributed by atoms with van der Waals surface area (Å²) in [6.45, 7) is 0. The van der Waals surface area contributed by atoms with Gasteiger partial charge in [0.2, 0.25) is 5.91 Å². The SMILES string of the molecule is O=C(Cc1ccc([N+](=O)[O-])cc1)Nc1cc(F)c(F)cc1F. The summed E-state index contributed by atoms with van der Waals surface area (Å²) in [6.07, 6.45) is -0.198. The van der Waals surface area contributed by atoms with E-state index in [2.05, 4.69) is 5.32 Å². The standard InChI is InChI=1S/C14H9F3N2O3/c15-10-6-12(17)13(7-11(10)16)18-14(20)5-8-1-3-9(4-2-8)19(21)22/h1-4,6-7H,5H2,(H,18,20). The van der Waals surface area contributed by atoms with Crippen molar-refractivity contribution < 1.29 is 22.9 Å². The van der Waals surface area contributed by atoms with E-state index in [9.17, 15) is 28.1 Å². The molecular formula is C14H9F3N2O3. The van der Waals surface area contributed by atoms with Crippen LogP contribution < -0.4 is 5.32 Å². The third-order valence-corrected chi connectivity index (χ3v) is 2.80. The Hall–Kier alpha value is -2.90. The fraction of sp³-hybridized carbons (Fsp3) is 0.0714. The number of nitrogens with one attached hydrogen (secondary N) is 1. The van der Waals surface area contributed by atoms with Crippen LogP contribution in [0.3, 0.4) is 0 Å². The van der Waals surface area contributed by atoms with Crippen molar-refractivity contribution in [1.29, 1.82) is 0 Å². The molecule has 0 radical (unpaired) electrons. The Morgan fingerprint density at radius 1 is 1.05 bits per heavy atom. The molecule has 0 aliphatic rings. The first-order chi connectivity index (χ1) is 10.4. The van der Waals surface area contributed by atoms with Gasteiger partial charge >= 0.3 is 0 Å². The van der Waals surface area contributed by atoms with Crippen LogP contribution in [-0.4, -0.2) is 10.8 Å². The average molecular weight is 310 g/mol. The van der Waals surface area contributed by atoms with E-state index < -0.39 is 34.0 Å². The third kappa shape index (κ3) is 3.60. The number of nitrogens with zero attached hydrogens (tertiary/aromatic N) is 1. The minimum absolute atomic E-state index is 0.129. The zero-order valence-electron chi connectivity index (χ0n) is 11.0. The van der Waals surface area contributed by atoms with Gasteiger partial charge in [0.25, 0.3) is 5.69 Å². The molecule has 0 heterocycles. The second-order valence-corrected chi connectivity index (χ2v) is 4.39. The lowest BCUT2D eigenvalue weighted by Gasteiger charge is -2.07. The number of hydrogen-bond acceptors (Lipinski definition) is 3. The number of hydrogen-bond donors (Lipinski definition) is 1. The van der Waals surface area contributed by atoms with Crippen molar-refractivity contribution in [2.45, 2.75) is 6.42 Å². The number of nitro benzene ring substituents is 1. The lowest BCUT2D eigenvalue weighted by molar-refractivity contribution is -0.384. The van der Waals surface area contributed by atoms with E-state index in [0.717, 1.165) is 0 Å². The zero-order valence-corrected chi connectivity index (χ0v) is 11.0. The molecule has 114 valence electrons. The topological polar surface area (TPSA) is 72.2 Å². The van der Waals surface area contributed by atoms with Crippen molar-refractivity contribution in [2.75, 3.05) is 5.32 Å². The lowest BCUT2D eigenvalue weighted by atomic mass is 10.1. The molecule has 2 aromatic carbocycles. The summed E-state index contributed by atoms with van der Waals surface area (Å²) in [5.74, 6) is -4.41. The molecule has 2 aromatic rings. The van der Waals surface area contributed by atoms with Crippen LogP contribution in [0.2, 0.25) is 0 Å². The van der Waals surface area contributed by atoms with E-state index >= 15 is 0 Å². The van der Waals surface area contributed by atoms with Crippen LogP contribution in [0.5, 0.6) is 0 Å². The minimum Gasteiger partial charge on any atom is -0.323 e. The maximum Gasteiger partial charge on any atom is 0.269 e. The number of benzene rings is 2. The number of rotatable bonds is 4. The van der Waals surface area contributed by atoms with Crippen LogP contribution in [-0.2, 0) is 11.2 Å². The maximum atomic E-state index is 13.4. The highest BCUT2D eigenvalue weighted by Gasteiger charge is 2.13. The monoisotopic (exact) mass is 310 g/mol. The molecule has 0 atom stereocenters. The Labute approximate surface area is 122 Å². The molecule has 8 heteroatoms. The molecule has 0 spiro atoms. The molecule has 0 aliphatic heterocycles. The van der Waals surface area contributed by atoms with Crippen LogP contribution in [0.4, 0.5) is 24.5 Å². The number of nitro groups is 1. The zero-order chi connectivity index (χ0) is 16.3. The van der Waals surface area contributed by atoms with Gasteiger partial charge in [0.05, 0.1) is 17.0 Å². The first-order valence-electron chi connectivity index (χ1n) is 6.04. The number of carbonyl (C=O) groups excluding carboxylic acids is 1. The Bertz CT molecular complexity index is 733. The predicted octanol–water partition coefficient (Wildman–Crippen LogP) is 3.19. The van der Waals surface area contributed by atoms with E-state index in [0.29, 0.717) is 17.7 Å². The van der Waals surface area contributed by atoms with Gasteiger partial charge in [0.1, 0.15) is 5.82 Å². The third-order valence-electron chi connectivity index (χ3n) is 2.80. The smallest absolute Gasteiger partial charge is 0.269 e. The van der Waals surface area contributed by atoms with Gasteiger partial charge in [-0.25, -0.2) is 13.2 Å². The summed E-state index contributed by atoms with van der Waals surface area (Å²) in [5.41, 5.74) is -0.160. The summed E-state index contributed by atoms with van der Waals surface area (Å²) in [7, 11) is 0. The molecule has 0 aromatic heterocycles. The van der Waals surface area contributed by atoms with Crippen LogP contribution in [0.15, 0.2) is 36.4 Å². The highest BCUT2D eigenvalue weighted by Crippen LogP contribution is 2.19. The maximum absolute atomic E-state index is 13.4. The van der Waals surface area contributed by atoms with Gasteiger partial charge < -0.3 is 5.32 Å². The Kier molecular flexibility index (Phi) is 4.40. The molecular weight excluding hydrogens is 301 g/mol. The molecule has 0 unspecified atom stereocenters. The number of amides is 1. The summed E-state index contributed by atoms with van der Waals surface area (Å²) in [5, 5.41) is 12.6. The van der Waals surface area contributed by atoms with Crippen LogP contribution in [0.1, 0.15) is 5.56 Å². The second kappa shape index (κ2) is 6.25. The Morgan fingerprint density at radius 3 is 2.23 bits per heavy atom. The van der Waals surface area contributed by atoms with Crippen molar-refractivity contribution in [3.63, 3.8) is 0 Å². The van der Waals surface area contributed by atoms with Crippen molar-refractivity contribution >= 4 is 17.3 Å². The highest BCUT2D eigenvalue weighted by atomic mass is 19.2. The first kappa shape index (κ1) is 15.5. The van der Waals surface area contributed by atoms with Gasteiger partial charge in [-0.2, -0.15) is 0 Å². The largest absolute Gasteiger partial charge is 0.323 e. The van der Waals surface area contributed by atoms with E-state index in [1.165, 1.54) is 24.3 Å². The van der Waals surface area contributed by atoms with E-state index in [1.807, 2.05) is 0 Å².